The lowest BCUT2D eigenvalue weighted by atomic mass is 10.0. The molecule has 0 N–H and O–H groups in total. The molecule has 0 fully saturated rings. The van der Waals surface area contributed by atoms with Gasteiger partial charge in [-0.2, -0.15) is 10.5 Å². The van der Waals surface area contributed by atoms with Gasteiger partial charge in [0, 0.05) is 22.1 Å². The van der Waals surface area contributed by atoms with Gasteiger partial charge in [-0.25, -0.2) is 0 Å². The number of allylic oxidation sites excluding steroid dienone is 1. The molecule has 0 aliphatic heterocycles. The van der Waals surface area contributed by atoms with Crippen molar-refractivity contribution in [1.29, 1.82) is 10.5 Å². The predicted octanol–water partition coefficient (Wildman–Crippen LogP) is 5.99. The molecule has 1 heterocycles. The van der Waals surface area contributed by atoms with Crippen LogP contribution >= 0.6 is 11.6 Å². The molecule has 0 spiro atoms. The van der Waals surface area contributed by atoms with Crippen molar-refractivity contribution in [3.8, 4) is 17.8 Å². The molecule has 0 unspecified atom stereocenters. The molecule has 0 radical (unpaired) electrons. The molecule has 132 valence electrons. The van der Waals surface area contributed by atoms with Crippen LogP contribution in [0.5, 0.6) is 0 Å². The van der Waals surface area contributed by atoms with Crippen LogP contribution in [-0.2, 0) is 0 Å². The molecule has 4 heteroatoms. The number of halogens is 1. The summed E-state index contributed by atoms with van der Waals surface area (Å²) in [5, 5.41) is 19.4. The lowest BCUT2D eigenvalue weighted by Crippen LogP contribution is -1.99. The van der Waals surface area contributed by atoms with Crippen molar-refractivity contribution in [3.05, 3.63) is 87.2 Å². The number of benzene rings is 2. The number of aromatic nitrogens is 1. The summed E-state index contributed by atoms with van der Waals surface area (Å²) in [5.74, 6) is 0. The Labute approximate surface area is 164 Å². The first-order chi connectivity index (χ1) is 12.9. The van der Waals surface area contributed by atoms with E-state index in [1.54, 1.807) is 18.2 Å². The summed E-state index contributed by atoms with van der Waals surface area (Å²) in [6.07, 6.45) is 1.87. The maximum absolute atomic E-state index is 9.63. The number of aryl methyl sites for hydroxylation is 2. The number of nitriles is 2. The van der Waals surface area contributed by atoms with E-state index in [0.29, 0.717) is 11.1 Å². The van der Waals surface area contributed by atoms with E-state index in [-0.39, 0.29) is 0 Å². The van der Waals surface area contributed by atoms with Gasteiger partial charge < -0.3 is 4.57 Å². The van der Waals surface area contributed by atoms with Crippen molar-refractivity contribution in [2.75, 3.05) is 0 Å². The van der Waals surface area contributed by atoms with Crippen molar-refractivity contribution < 1.29 is 0 Å². The van der Waals surface area contributed by atoms with Crippen LogP contribution in [0.2, 0.25) is 5.02 Å². The second-order valence-corrected chi connectivity index (χ2v) is 6.86. The standard InChI is InChI=1S/C23H18ClN3/c1-15-7-8-22(12-23(15)24)27-16(2)9-20(17(27)3)11-21(14-26)19-6-4-5-18(10-19)13-25/h4-12H,1-3H3/b21-11-. The van der Waals surface area contributed by atoms with E-state index in [1.165, 1.54) is 0 Å². The van der Waals surface area contributed by atoms with Gasteiger partial charge in [0.15, 0.2) is 0 Å². The summed E-state index contributed by atoms with van der Waals surface area (Å²) in [5.41, 5.74) is 6.86. The SMILES string of the molecule is Cc1ccc(-n2c(C)cc(/C=C(/C#N)c3cccc(C#N)c3)c2C)cc1Cl. The van der Waals surface area contributed by atoms with Gasteiger partial charge in [0.05, 0.1) is 23.3 Å². The highest BCUT2D eigenvalue weighted by Crippen LogP contribution is 2.27. The summed E-state index contributed by atoms with van der Waals surface area (Å²) in [7, 11) is 0. The molecule has 0 aliphatic carbocycles. The summed E-state index contributed by atoms with van der Waals surface area (Å²) >= 11 is 6.30. The maximum Gasteiger partial charge on any atom is 0.0998 e. The summed E-state index contributed by atoms with van der Waals surface area (Å²) in [6, 6.07) is 19.5. The van der Waals surface area contributed by atoms with E-state index < -0.39 is 0 Å². The first-order valence-electron chi connectivity index (χ1n) is 8.52. The van der Waals surface area contributed by atoms with Crippen LogP contribution in [0.1, 0.15) is 33.6 Å². The molecule has 2 aromatic carbocycles. The number of hydrogen-bond donors (Lipinski definition) is 0. The fraction of sp³-hybridized carbons (Fsp3) is 0.130. The van der Waals surface area contributed by atoms with Gasteiger partial charge in [-0.15, -0.1) is 0 Å². The van der Waals surface area contributed by atoms with Gasteiger partial charge in [-0.05, 0) is 73.9 Å². The molecule has 0 aliphatic rings. The Bertz CT molecular complexity index is 1140. The quantitative estimate of drug-likeness (QED) is 0.531. The van der Waals surface area contributed by atoms with Gasteiger partial charge in [0.2, 0.25) is 0 Å². The average Bonchev–Trinajstić information content (AvgIpc) is 2.95. The molecule has 1 aromatic heterocycles. The lowest BCUT2D eigenvalue weighted by Gasteiger charge is -2.11. The number of hydrogen-bond acceptors (Lipinski definition) is 2. The van der Waals surface area contributed by atoms with Crippen LogP contribution < -0.4 is 0 Å². The van der Waals surface area contributed by atoms with E-state index in [0.717, 1.165) is 38.8 Å². The average molecular weight is 372 g/mol. The molecular weight excluding hydrogens is 354 g/mol. The minimum absolute atomic E-state index is 0.522. The van der Waals surface area contributed by atoms with Gasteiger partial charge in [0.25, 0.3) is 0 Å². The largest absolute Gasteiger partial charge is 0.318 e. The Morgan fingerprint density at radius 1 is 1.04 bits per heavy atom. The van der Waals surface area contributed by atoms with Crippen LogP contribution in [0.3, 0.4) is 0 Å². The molecule has 27 heavy (non-hydrogen) atoms. The minimum Gasteiger partial charge on any atom is -0.318 e. The van der Waals surface area contributed by atoms with E-state index in [9.17, 15) is 5.26 Å². The third-order valence-electron chi connectivity index (χ3n) is 4.61. The van der Waals surface area contributed by atoms with Crippen LogP contribution in [-0.4, -0.2) is 4.57 Å². The summed E-state index contributed by atoms with van der Waals surface area (Å²) in [6.45, 7) is 6.03. The van der Waals surface area contributed by atoms with Crippen molar-refractivity contribution in [1.82, 2.24) is 4.57 Å². The molecule has 0 bridgehead atoms. The highest BCUT2D eigenvalue weighted by molar-refractivity contribution is 6.31. The van der Waals surface area contributed by atoms with Crippen molar-refractivity contribution >= 4 is 23.3 Å². The predicted molar refractivity (Wildman–Crippen MR) is 110 cm³/mol. The second-order valence-electron chi connectivity index (χ2n) is 6.46. The van der Waals surface area contributed by atoms with E-state index in [2.05, 4.69) is 22.8 Å². The smallest absolute Gasteiger partial charge is 0.0998 e. The Balaban J connectivity index is 2.10. The van der Waals surface area contributed by atoms with Gasteiger partial charge in [-0.3, -0.25) is 0 Å². The van der Waals surface area contributed by atoms with E-state index >= 15 is 0 Å². The fourth-order valence-corrected chi connectivity index (χ4v) is 3.32. The summed E-state index contributed by atoms with van der Waals surface area (Å²) < 4.78 is 2.12. The van der Waals surface area contributed by atoms with Gasteiger partial charge in [0.1, 0.15) is 0 Å². The molecule has 3 rings (SSSR count). The zero-order valence-corrected chi connectivity index (χ0v) is 16.2. The molecule has 0 saturated heterocycles. The molecule has 3 nitrogen and oxygen atoms in total. The Kier molecular flexibility index (Phi) is 5.17. The summed E-state index contributed by atoms with van der Waals surface area (Å²) in [4.78, 5) is 0. The topological polar surface area (TPSA) is 52.5 Å². The minimum atomic E-state index is 0.522. The van der Waals surface area contributed by atoms with Crippen LogP contribution in [0.25, 0.3) is 17.3 Å². The van der Waals surface area contributed by atoms with Crippen molar-refractivity contribution in [2.45, 2.75) is 20.8 Å². The molecule has 0 amide bonds. The molecule has 0 saturated carbocycles. The van der Waals surface area contributed by atoms with Gasteiger partial charge >= 0.3 is 0 Å². The lowest BCUT2D eigenvalue weighted by molar-refractivity contribution is 0.963. The van der Waals surface area contributed by atoms with Crippen LogP contribution in [0.15, 0.2) is 48.5 Å². The zero-order valence-electron chi connectivity index (χ0n) is 15.4. The normalized spacial score (nSPS) is 11.1. The molecule has 0 atom stereocenters. The van der Waals surface area contributed by atoms with E-state index in [1.807, 2.05) is 51.1 Å². The van der Waals surface area contributed by atoms with Crippen molar-refractivity contribution in [3.63, 3.8) is 0 Å². The third kappa shape index (κ3) is 3.65. The highest BCUT2D eigenvalue weighted by Gasteiger charge is 2.12. The first kappa shape index (κ1) is 18.5. The van der Waals surface area contributed by atoms with Crippen LogP contribution in [0.4, 0.5) is 0 Å². The Morgan fingerprint density at radius 2 is 1.81 bits per heavy atom. The van der Waals surface area contributed by atoms with E-state index in [4.69, 9.17) is 16.9 Å². The fourth-order valence-electron chi connectivity index (χ4n) is 3.14. The Hall–Kier alpha value is -3.27. The Morgan fingerprint density at radius 3 is 2.48 bits per heavy atom. The highest BCUT2D eigenvalue weighted by atomic mass is 35.5. The number of rotatable bonds is 3. The molecular formula is C23H18ClN3. The molecule has 3 aromatic rings. The van der Waals surface area contributed by atoms with Gasteiger partial charge in [-0.1, -0.05) is 29.8 Å². The zero-order chi connectivity index (χ0) is 19.6. The first-order valence-corrected chi connectivity index (χ1v) is 8.90. The third-order valence-corrected chi connectivity index (χ3v) is 5.01. The van der Waals surface area contributed by atoms with Crippen LogP contribution in [0, 0.1) is 43.4 Å². The van der Waals surface area contributed by atoms with Crippen molar-refractivity contribution in [2.24, 2.45) is 0 Å². The maximum atomic E-state index is 9.63. The second kappa shape index (κ2) is 7.54. The monoisotopic (exact) mass is 371 g/mol. The number of nitrogens with zero attached hydrogens (tertiary/aromatic N) is 3.